The Balaban J connectivity index is 4.88. The Morgan fingerprint density at radius 3 is 2.04 bits per heavy atom. The lowest BCUT2D eigenvalue weighted by atomic mass is 9.98. The van der Waals surface area contributed by atoms with E-state index in [1.807, 2.05) is 6.08 Å². The summed E-state index contributed by atoms with van der Waals surface area (Å²) >= 11 is 0. The highest BCUT2D eigenvalue weighted by Gasteiger charge is 2.22. The first kappa shape index (κ1) is 24.8. The highest BCUT2D eigenvalue weighted by molar-refractivity contribution is 5.97. The van der Waals surface area contributed by atoms with Gasteiger partial charge in [0.05, 0.1) is 7.11 Å². The molecule has 0 fully saturated rings. The normalized spacial score (nSPS) is 13.0. The standard InChI is InChI=1S/C22H34O5/c1-16(2)9-7-10-17(3)11-8-12-20(15-27-19(5)24)13-14-21(18(4)23)22(25)26-6/h9,11,13,21H,7-8,10,12,14-15H2,1-6H3/b17-11+,20-13-. The molecule has 5 nitrogen and oxygen atoms in total. The predicted molar refractivity (Wildman–Crippen MR) is 107 cm³/mol. The number of esters is 2. The second-order valence-corrected chi connectivity index (χ2v) is 6.97. The monoisotopic (exact) mass is 378 g/mol. The number of ketones is 1. The SMILES string of the molecule is COC(=O)C(C/C=C(/CC/C=C(\C)CCC=C(C)C)COC(C)=O)C(C)=O. The molecule has 27 heavy (non-hydrogen) atoms. The molecule has 0 aromatic heterocycles. The van der Waals surface area contributed by atoms with E-state index in [-0.39, 0.29) is 24.8 Å². The quantitative estimate of drug-likeness (QED) is 0.279. The molecule has 0 aliphatic heterocycles. The molecule has 1 atom stereocenters. The number of hydrogen-bond acceptors (Lipinski definition) is 5. The maximum Gasteiger partial charge on any atom is 0.316 e. The molecule has 0 amide bonds. The Kier molecular flexibility index (Phi) is 12.8. The first-order chi connectivity index (χ1) is 12.7. The fourth-order valence-corrected chi connectivity index (χ4v) is 2.48. The van der Waals surface area contributed by atoms with E-state index in [0.717, 1.165) is 24.8 Å². The molecule has 5 heteroatoms. The van der Waals surface area contributed by atoms with Crippen LogP contribution in [0.25, 0.3) is 0 Å². The van der Waals surface area contributed by atoms with E-state index in [2.05, 4.69) is 37.7 Å². The van der Waals surface area contributed by atoms with Gasteiger partial charge < -0.3 is 9.47 Å². The molecule has 0 bridgehead atoms. The topological polar surface area (TPSA) is 69.7 Å². The lowest BCUT2D eigenvalue weighted by molar-refractivity contribution is -0.148. The number of hydrogen-bond donors (Lipinski definition) is 0. The van der Waals surface area contributed by atoms with E-state index in [4.69, 9.17) is 4.74 Å². The maximum atomic E-state index is 11.7. The van der Waals surface area contributed by atoms with Crippen LogP contribution in [-0.4, -0.2) is 31.4 Å². The minimum Gasteiger partial charge on any atom is -0.468 e. The number of carbonyl (C=O) groups is 3. The van der Waals surface area contributed by atoms with E-state index in [1.165, 1.54) is 32.1 Å². The lowest BCUT2D eigenvalue weighted by Crippen LogP contribution is -2.22. The average molecular weight is 379 g/mol. The van der Waals surface area contributed by atoms with E-state index in [9.17, 15) is 14.4 Å². The van der Waals surface area contributed by atoms with Crippen molar-refractivity contribution >= 4 is 17.7 Å². The van der Waals surface area contributed by atoms with Gasteiger partial charge in [-0.1, -0.05) is 29.4 Å². The van der Waals surface area contributed by atoms with Crippen molar-refractivity contribution in [1.82, 2.24) is 0 Å². The van der Waals surface area contributed by atoms with Crippen molar-refractivity contribution in [3.8, 4) is 0 Å². The molecule has 0 saturated carbocycles. The van der Waals surface area contributed by atoms with Crippen LogP contribution in [0.1, 0.15) is 66.7 Å². The van der Waals surface area contributed by atoms with Gasteiger partial charge in [0.25, 0.3) is 0 Å². The second kappa shape index (κ2) is 14.0. The van der Waals surface area contributed by atoms with E-state index in [0.29, 0.717) is 6.42 Å². The van der Waals surface area contributed by atoms with Crippen LogP contribution < -0.4 is 0 Å². The van der Waals surface area contributed by atoms with Gasteiger partial charge in [-0.05, 0) is 65.4 Å². The largest absolute Gasteiger partial charge is 0.468 e. The molecule has 0 aromatic rings. The fraction of sp³-hybridized carbons (Fsp3) is 0.591. The number of ether oxygens (including phenoxy) is 2. The number of rotatable bonds is 12. The van der Waals surface area contributed by atoms with Crippen molar-refractivity contribution in [2.45, 2.75) is 66.7 Å². The third kappa shape index (κ3) is 12.8. The van der Waals surface area contributed by atoms with Crippen molar-refractivity contribution in [2.24, 2.45) is 5.92 Å². The van der Waals surface area contributed by atoms with Crippen LogP contribution in [0.5, 0.6) is 0 Å². The Hall–Kier alpha value is -2.17. The zero-order valence-electron chi connectivity index (χ0n) is 17.6. The molecule has 1 unspecified atom stereocenters. The molecule has 152 valence electrons. The molecular formula is C22H34O5. The van der Waals surface area contributed by atoms with Gasteiger partial charge in [-0.15, -0.1) is 0 Å². The Labute approximate surface area is 163 Å². The summed E-state index contributed by atoms with van der Waals surface area (Å²) in [5.41, 5.74) is 3.53. The van der Waals surface area contributed by atoms with E-state index >= 15 is 0 Å². The second-order valence-electron chi connectivity index (χ2n) is 6.97. The smallest absolute Gasteiger partial charge is 0.316 e. The summed E-state index contributed by atoms with van der Waals surface area (Å²) in [5.74, 6) is -1.95. The van der Waals surface area contributed by atoms with E-state index in [1.54, 1.807) is 0 Å². The zero-order chi connectivity index (χ0) is 20.8. The first-order valence-electron chi connectivity index (χ1n) is 9.35. The molecule has 0 aromatic carbocycles. The molecule has 0 heterocycles. The van der Waals surface area contributed by atoms with Crippen molar-refractivity contribution in [1.29, 1.82) is 0 Å². The predicted octanol–water partition coefficient (Wildman–Crippen LogP) is 4.72. The third-order valence-electron chi connectivity index (χ3n) is 4.13. The van der Waals surface area contributed by atoms with Gasteiger partial charge in [-0.2, -0.15) is 0 Å². The van der Waals surface area contributed by atoms with Crippen LogP contribution in [0.2, 0.25) is 0 Å². The molecule has 0 aliphatic carbocycles. The van der Waals surface area contributed by atoms with Gasteiger partial charge in [-0.25, -0.2) is 0 Å². The van der Waals surface area contributed by atoms with Crippen molar-refractivity contribution in [3.63, 3.8) is 0 Å². The van der Waals surface area contributed by atoms with Crippen LogP contribution in [0.3, 0.4) is 0 Å². The molecule has 0 spiro atoms. The summed E-state index contributed by atoms with van der Waals surface area (Å²) in [6, 6.07) is 0. The Morgan fingerprint density at radius 2 is 1.52 bits per heavy atom. The maximum absolute atomic E-state index is 11.7. The van der Waals surface area contributed by atoms with Crippen LogP contribution >= 0.6 is 0 Å². The minimum atomic E-state index is -0.816. The highest BCUT2D eigenvalue weighted by atomic mass is 16.5. The summed E-state index contributed by atoms with van der Waals surface area (Å²) in [6.45, 7) is 9.20. The summed E-state index contributed by atoms with van der Waals surface area (Å²) in [4.78, 5) is 34.5. The number of Topliss-reactive ketones (excluding diaryl/α,β-unsaturated/α-hetero) is 1. The van der Waals surface area contributed by atoms with E-state index < -0.39 is 11.9 Å². The number of allylic oxidation sites excluding steroid dienone is 5. The summed E-state index contributed by atoms with van der Waals surface area (Å²) in [5, 5.41) is 0. The first-order valence-corrected chi connectivity index (χ1v) is 9.35. The minimum absolute atomic E-state index is 0.172. The van der Waals surface area contributed by atoms with Gasteiger partial charge in [0.2, 0.25) is 0 Å². The average Bonchev–Trinajstić information content (AvgIpc) is 2.58. The van der Waals surface area contributed by atoms with Gasteiger partial charge in [0, 0.05) is 6.92 Å². The third-order valence-corrected chi connectivity index (χ3v) is 4.13. The highest BCUT2D eigenvalue weighted by Crippen LogP contribution is 2.16. The molecule has 0 aliphatic rings. The fourth-order valence-electron chi connectivity index (χ4n) is 2.48. The molecule has 0 rings (SSSR count). The van der Waals surface area contributed by atoms with Crippen LogP contribution in [0.15, 0.2) is 34.9 Å². The van der Waals surface area contributed by atoms with Crippen molar-refractivity contribution in [2.75, 3.05) is 13.7 Å². The molecule has 0 radical (unpaired) electrons. The Morgan fingerprint density at radius 1 is 0.889 bits per heavy atom. The molecular weight excluding hydrogens is 344 g/mol. The van der Waals surface area contributed by atoms with Crippen LogP contribution in [0, 0.1) is 5.92 Å². The van der Waals surface area contributed by atoms with Gasteiger partial charge in [0.15, 0.2) is 0 Å². The summed E-state index contributed by atoms with van der Waals surface area (Å²) in [6.07, 6.45) is 10.0. The van der Waals surface area contributed by atoms with Gasteiger partial charge >= 0.3 is 11.9 Å². The Bertz CT molecular complexity index is 592. The summed E-state index contributed by atoms with van der Waals surface area (Å²) in [7, 11) is 1.27. The molecule has 0 N–H and O–H groups in total. The van der Waals surface area contributed by atoms with Crippen LogP contribution in [-0.2, 0) is 23.9 Å². The van der Waals surface area contributed by atoms with Crippen molar-refractivity contribution in [3.05, 3.63) is 34.9 Å². The number of carbonyl (C=O) groups excluding carboxylic acids is 3. The van der Waals surface area contributed by atoms with Crippen LogP contribution in [0.4, 0.5) is 0 Å². The zero-order valence-corrected chi connectivity index (χ0v) is 17.6. The summed E-state index contributed by atoms with van der Waals surface area (Å²) < 4.78 is 9.78. The number of methoxy groups -OCH3 is 1. The lowest BCUT2D eigenvalue weighted by Gasteiger charge is -2.11. The van der Waals surface area contributed by atoms with Crippen molar-refractivity contribution < 1.29 is 23.9 Å². The van der Waals surface area contributed by atoms with Gasteiger partial charge in [-0.3, -0.25) is 14.4 Å². The van der Waals surface area contributed by atoms with Gasteiger partial charge in [0.1, 0.15) is 18.3 Å². The molecule has 0 saturated heterocycles.